The summed E-state index contributed by atoms with van der Waals surface area (Å²) in [6.07, 6.45) is 4.73. The van der Waals surface area contributed by atoms with Crippen molar-refractivity contribution in [3.05, 3.63) is 0 Å². The molecule has 0 aromatic carbocycles. The Morgan fingerprint density at radius 2 is 2.11 bits per heavy atom. The lowest BCUT2D eigenvalue weighted by Gasteiger charge is -2.16. The van der Waals surface area contributed by atoms with Crippen LogP contribution in [0.1, 0.15) is 46.0 Å². The Morgan fingerprint density at radius 3 is 2.79 bits per heavy atom. The Labute approximate surface area is 114 Å². The number of Topliss-reactive ketones (excluding diaryl/α,β-unsaturated/α-hetero) is 1. The SMILES string of the molecule is CCCCO[C@@H]1C[C@H]2CC(=O)C(C(=O)OCC)[C@H]2C1. The summed E-state index contributed by atoms with van der Waals surface area (Å²) in [4.78, 5) is 23.8. The summed E-state index contributed by atoms with van der Waals surface area (Å²) in [5, 5.41) is 0. The van der Waals surface area contributed by atoms with E-state index < -0.39 is 5.92 Å². The Bertz CT molecular complexity index is 339. The van der Waals surface area contributed by atoms with Crippen molar-refractivity contribution in [1.82, 2.24) is 0 Å². The van der Waals surface area contributed by atoms with E-state index in [0.29, 0.717) is 18.9 Å². The second kappa shape index (κ2) is 6.51. The molecule has 4 nitrogen and oxygen atoms in total. The summed E-state index contributed by atoms with van der Waals surface area (Å²) in [6.45, 7) is 5.05. The Hall–Kier alpha value is -0.900. The van der Waals surface area contributed by atoms with Crippen LogP contribution < -0.4 is 0 Å². The van der Waals surface area contributed by atoms with Crippen LogP contribution in [-0.2, 0) is 19.1 Å². The summed E-state index contributed by atoms with van der Waals surface area (Å²) in [5.41, 5.74) is 0. The molecule has 0 aromatic rings. The average molecular weight is 268 g/mol. The zero-order chi connectivity index (χ0) is 13.8. The molecule has 1 unspecified atom stereocenters. The Balaban J connectivity index is 1.90. The Kier molecular flexibility index (Phi) is 4.97. The number of rotatable bonds is 6. The van der Waals surface area contributed by atoms with Crippen LogP contribution in [-0.4, -0.2) is 31.1 Å². The second-order valence-electron chi connectivity index (χ2n) is 5.64. The maximum Gasteiger partial charge on any atom is 0.316 e. The molecule has 2 saturated carbocycles. The molecule has 4 heteroatoms. The van der Waals surface area contributed by atoms with E-state index in [2.05, 4.69) is 6.92 Å². The van der Waals surface area contributed by atoms with Gasteiger partial charge in [0.05, 0.1) is 12.7 Å². The molecular formula is C15H24O4. The molecule has 108 valence electrons. The van der Waals surface area contributed by atoms with Gasteiger partial charge in [0.15, 0.2) is 0 Å². The number of ketones is 1. The molecule has 0 aromatic heterocycles. The predicted octanol–water partition coefficient (Wildman–Crippen LogP) is 2.35. The van der Waals surface area contributed by atoms with Gasteiger partial charge in [-0.15, -0.1) is 0 Å². The first-order valence-electron chi connectivity index (χ1n) is 7.48. The summed E-state index contributed by atoms with van der Waals surface area (Å²) in [6, 6.07) is 0. The van der Waals surface area contributed by atoms with Crippen molar-refractivity contribution < 1.29 is 19.1 Å². The van der Waals surface area contributed by atoms with Gasteiger partial charge in [0.25, 0.3) is 0 Å². The van der Waals surface area contributed by atoms with Crippen LogP contribution in [0.15, 0.2) is 0 Å². The first-order valence-corrected chi connectivity index (χ1v) is 7.48. The zero-order valence-electron chi connectivity index (χ0n) is 11.9. The van der Waals surface area contributed by atoms with Crippen LogP contribution in [0.2, 0.25) is 0 Å². The van der Waals surface area contributed by atoms with Crippen molar-refractivity contribution in [1.29, 1.82) is 0 Å². The smallest absolute Gasteiger partial charge is 0.316 e. The number of carbonyl (C=O) groups is 2. The number of ether oxygens (including phenoxy) is 2. The Morgan fingerprint density at radius 1 is 1.32 bits per heavy atom. The summed E-state index contributed by atoms with van der Waals surface area (Å²) in [5.74, 6) is -0.300. The lowest BCUT2D eigenvalue weighted by molar-refractivity contribution is -0.152. The fourth-order valence-electron chi connectivity index (χ4n) is 3.44. The minimum atomic E-state index is -0.523. The first-order chi connectivity index (χ1) is 9.17. The van der Waals surface area contributed by atoms with Crippen LogP contribution in [0.25, 0.3) is 0 Å². The first kappa shape index (κ1) is 14.5. The van der Waals surface area contributed by atoms with E-state index in [4.69, 9.17) is 9.47 Å². The molecule has 0 bridgehead atoms. The van der Waals surface area contributed by atoms with Crippen LogP contribution in [0.3, 0.4) is 0 Å². The van der Waals surface area contributed by atoms with Crippen LogP contribution in [0.4, 0.5) is 0 Å². The van der Waals surface area contributed by atoms with E-state index >= 15 is 0 Å². The molecule has 0 heterocycles. The predicted molar refractivity (Wildman–Crippen MR) is 70.6 cm³/mol. The highest BCUT2D eigenvalue weighted by Crippen LogP contribution is 2.47. The summed E-state index contributed by atoms with van der Waals surface area (Å²) >= 11 is 0. The largest absolute Gasteiger partial charge is 0.465 e. The van der Waals surface area contributed by atoms with Gasteiger partial charge in [0.2, 0.25) is 0 Å². The van der Waals surface area contributed by atoms with Gasteiger partial charge in [-0.05, 0) is 38.0 Å². The minimum Gasteiger partial charge on any atom is -0.465 e. The molecule has 2 rings (SSSR count). The van der Waals surface area contributed by atoms with Crippen LogP contribution in [0, 0.1) is 17.8 Å². The maximum atomic E-state index is 11.9. The fraction of sp³-hybridized carbons (Fsp3) is 0.867. The van der Waals surface area contributed by atoms with Gasteiger partial charge < -0.3 is 9.47 Å². The van der Waals surface area contributed by atoms with Crippen molar-refractivity contribution in [3.63, 3.8) is 0 Å². The average Bonchev–Trinajstić information content (AvgIpc) is 2.85. The van der Waals surface area contributed by atoms with E-state index in [9.17, 15) is 9.59 Å². The highest BCUT2D eigenvalue weighted by molar-refractivity contribution is 6.01. The molecular weight excluding hydrogens is 244 g/mol. The molecule has 19 heavy (non-hydrogen) atoms. The third-order valence-corrected chi connectivity index (χ3v) is 4.34. The topological polar surface area (TPSA) is 52.6 Å². The number of unbranched alkanes of at least 4 members (excludes halogenated alkanes) is 1. The van der Waals surface area contributed by atoms with Gasteiger partial charge in [-0.1, -0.05) is 13.3 Å². The number of hydrogen-bond acceptors (Lipinski definition) is 4. The van der Waals surface area contributed by atoms with Crippen molar-refractivity contribution in [2.75, 3.05) is 13.2 Å². The normalized spacial score (nSPS) is 33.5. The minimum absolute atomic E-state index is 0.0699. The van der Waals surface area contributed by atoms with Crippen LogP contribution in [0.5, 0.6) is 0 Å². The highest BCUT2D eigenvalue weighted by Gasteiger charge is 2.51. The molecule has 0 amide bonds. The van der Waals surface area contributed by atoms with Gasteiger partial charge in [0.1, 0.15) is 11.7 Å². The molecule has 2 fully saturated rings. The molecule has 2 aliphatic rings. The monoisotopic (exact) mass is 268 g/mol. The van der Waals surface area contributed by atoms with E-state index in [-0.39, 0.29) is 23.8 Å². The second-order valence-corrected chi connectivity index (χ2v) is 5.64. The van der Waals surface area contributed by atoms with E-state index in [1.54, 1.807) is 6.92 Å². The quantitative estimate of drug-likeness (QED) is 0.421. The standard InChI is InChI=1S/C15H24O4/c1-3-5-6-19-11-7-10-8-13(16)14(12(10)9-11)15(17)18-4-2/h10-12,14H,3-9H2,1-2H3/t10-,11+,12-,14?/m0/s1. The van der Waals surface area contributed by atoms with Crippen molar-refractivity contribution in [3.8, 4) is 0 Å². The number of esters is 1. The molecule has 4 atom stereocenters. The van der Waals surface area contributed by atoms with Gasteiger partial charge in [-0.3, -0.25) is 9.59 Å². The van der Waals surface area contributed by atoms with E-state index in [1.807, 2.05) is 0 Å². The van der Waals surface area contributed by atoms with Crippen molar-refractivity contribution >= 4 is 11.8 Å². The van der Waals surface area contributed by atoms with Crippen molar-refractivity contribution in [2.45, 2.75) is 52.1 Å². The van der Waals surface area contributed by atoms with Gasteiger partial charge in [0, 0.05) is 13.0 Å². The van der Waals surface area contributed by atoms with Crippen molar-refractivity contribution in [2.24, 2.45) is 17.8 Å². The van der Waals surface area contributed by atoms with Gasteiger partial charge >= 0.3 is 5.97 Å². The van der Waals surface area contributed by atoms with Crippen LogP contribution >= 0.6 is 0 Å². The molecule has 0 radical (unpaired) electrons. The molecule has 0 spiro atoms. The molecule has 2 aliphatic carbocycles. The maximum absolute atomic E-state index is 11.9. The third kappa shape index (κ3) is 3.16. The summed E-state index contributed by atoms with van der Waals surface area (Å²) < 4.78 is 10.9. The molecule has 0 N–H and O–H groups in total. The van der Waals surface area contributed by atoms with E-state index in [1.165, 1.54) is 0 Å². The third-order valence-electron chi connectivity index (χ3n) is 4.34. The molecule has 0 saturated heterocycles. The summed E-state index contributed by atoms with van der Waals surface area (Å²) in [7, 11) is 0. The van der Waals surface area contributed by atoms with Gasteiger partial charge in [-0.2, -0.15) is 0 Å². The highest BCUT2D eigenvalue weighted by atomic mass is 16.5. The number of carbonyl (C=O) groups excluding carboxylic acids is 2. The van der Waals surface area contributed by atoms with Gasteiger partial charge in [-0.25, -0.2) is 0 Å². The fourth-order valence-corrected chi connectivity index (χ4v) is 3.44. The lowest BCUT2D eigenvalue weighted by Crippen LogP contribution is -2.28. The zero-order valence-corrected chi connectivity index (χ0v) is 11.9. The lowest BCUT2D eigenvalue weighted by atomic mass is 9.92. The molecule has 0 aliphatic heterocycles. The number of fused-ring (bicyclic) bond motifs is 1. The van der Waals surface area contributed by atoms with E-state index in [0.717, 1.165) is 32.3 Å². The number of hydrogen-bond donors (Lipinski definition) is 0.